The number of hydrazone groups is 1. The highest BCUT2D eigenvalue weighted by Gasteiger charge is 2.07. The van der Waals surface area contributed by atoms with E-state index in [1.807, 2.05) is 55.5 Å². The van der Waals surface area contributed by atoms with Crippen LogP contribution in [-0.2, 0) is 9.59 Å². The molecule has 2 rings (SSSR count). The highest BCUT2D eigenvalue weighted by molar-refractivity contribution is 5.99. The van der Waals surface area contributed by atoms with Crippen molar-refractivity contribution in [3.05, 3.63) is 66.2 Å². The Balaban J connectivity index is 1.76. The minimum Gasteiger partial charge on any atom is -0.326 e. The van der Waals surface area contributed by atoms with Crippen LogP contribution in [0, 0.1) is 0 Å². The summed E-state index contributed by atoms with van der Waals surface area (Å²) in [6.07, 6.45) is 0.199. The first-order valence-electron chi connectivity index (χ1n) is 7.38. The molecule has 5 heteroatoms. The largest absolute Gasteiger partial charge is 0.326 e. The minimum atomic E-state index is -0.288. The molecule has 23 heavy (non-hydrogen) atoms. The van der Waals surface area contributed by atoms with Crippen LogP contribution in [0.2, 0.25) is 0 Å². The SMILES string of the molecule is CC(=NNC(=O)CCC(=O)Nc1ccccc1)c1ccccc1. The molecule has 5 nitrogen and oxygen atoms in total. The van der Waals surface area contributed by atoms with Crippen molar-refractivity contribution in [3.63, 3.8) is 0 Å². The number of para-hydroxylation sites is 1. The van der Waals surface area contributed by atoms with E-state index >= 15 is 0 Å². The summed E-state index contributed by atoms with van der Waals surface area (Å²) in [7, 11) is 0. The van der Waals surface area contributed by atoms with E-state index in [1.165, 1.54) is 0 Å². The van der Waals surface area contributed by atoms with Crippen LogP contribution < -0.4 is 10.7 Å². The molecule has 0 bridgehead atoms. The van der Waals surface area contributed by atoms with E-state index in [2.05, 4.69) is 15.8 Å². The van der Waals surface area contributed by atoms with Gasteiger partial charge in [0.25, 0.3) is 0 Å². The van der Waals surface area contributed by atoms with Gasteiger partial charge in [0.2, 0.25) is 11.8 Å². The number of nitrogens with zero attached hydrogens (tertiary/aromatic N) is 1. The molecular formula is C18H19N3O2. The van der Waals surface area contributed by atoms with Crippen molar-refractivity contribution in [2.24, 2.45) is 5.10 Å². The molecule has 2 amide bonds. The van der Waals surface area contributed by atoms with Crippen molar-refractivity contribution in [1.82, 2.24) is 5.43 Å². The van der Waals surface area contributed by atoms with Gasteiger partial charge in [0.05, 0.1) is 5.71 Å². The van der Waals surface area contributed by atoms with Gasteiger partial charge in [0.1, 0.15) is 0 Å². The zero-order valence-corrected chi connectivity index (χ0v) is 13.0. The first kappa shape index (κ1) is 16.4. The predicted octanol–water partition coefficient (Wildman–Crippen LogP) is 2.95. The van der Waals surface area contributed by atoms with Crippen molar-refractivity contribution < 1.29 is 9.59 Å². The van der Waals surface area contributed by atoms with Crippen molar-refractivity contribution in [2.75, 3.05) is 5.32 Å². The second-order valence-corrected chi connectivity index (χ2v) is 5.01. The number of hydrogen-bond donors (Lipinski definition) is 2. The summed E-state index contributed by atoms with van der Waals surface area (Å²) in [5.41, 5.74) is 4.84. The van der Waals surface area contributed by atoms with Gasteiger partial charge in [-0.2, -0.15) is 5.10 Å². The molecule has 118 valence electrons. The van der Waals surface area contributed by atoms with Crippen molar-refractivity contribution in [1.29, 1.82) is 0 Å². The Morgan fingerprint density at radius 1 is 0.870 bits per heavy atom. The number of nitrogens with one attached hydrogen (secondary N) is 2. The smallest absolute Gasteiger partial charge is 0.240 e. The molecule has 0 heterocycles. The molecule has 2 N–H and O–H groups in total. The van der Waals surface area contributed by atoms with Crippen LogP contribution in [0.25, 0.3) is 0 Å². The molecular weight excluding hydrogens is 290 g/mol. The Morgan fingerprint density at radius 3 is 2.09 bits per heavy atom. The van der Waals surface area contributed by atoms with Crippen LogP contribution >= 0.6 is 0 Å². The van der Waals surface area contributed by atoms with Gasteiger partial charge in [-0.3, -0.25) is 9.59 Å². The van der Waals surface area contributed by atoms with Crippen LogP contribution in [0.4, 0.5) is 5.69 Å². The molecule has 0 saturated carbocycles. The van der Waals surface area contributed by atoms with Gasteiger partial charge in [-0.05, 0) is 24.6 Å². The van der Waals surface area contributed by atoms with Gasteiger partial charge in [-0.1, -0.05) is 48.5 Å². The molecule has 0 fully saturated rings. The molecule has 0 radical (unpaired) electrons. The summed E-state index contributed by atoms with van der Waals surface area (Å²) in [4.78, 5) is 23.5. The van der Waals surface area contributed by atoms with Gasteiger partial charge in [0, 0.05) is 18.5 Å². The van der Waals surface area contributed by atoms with Crippen LogP contribution in [0.3, 0.4) is 0 Å². The van der Waals surface area contributed by atoms with E-state index in [1.54, 1.807) is 12.1 Å². The molecule has 0 atom stereocenters. The number of anilines is 1. The molecule has 0 aliphatic heterocycles. The fraction of sp³-hybridized carbons (Fsp3) is 0.167. The molecule has 0 spiro atoms. The van der Waals surface area contributed by atoms with Gasteiger partial charge >= 0.3 is 0 Å². The lowest BCUT2D eigenvalue weighted by Gasteiger charge is -2.05. The summed E-state index contributed by atoms with van der Waals surface area (Å²) < 4.78 is 0. The van der Waals surface area contributed by atoms with Gasteiger partial charge in [0.15, 0.2) is 0 Å². The van der Waals surface area contributed by atoms with Crippen LogP contribution in [-0.4, -0.2) is 17.5 Å². The number of hydrogen-bond acceptors (Lipinski definition) is 3. The second-order valence-electron chi connectivity index (χ2n) is 5.01. The fourth-order valence-electron chi connectivity index (χ4n) is 1.92. The number of amides is 2. The van der Waals surface area contributed by atoms with Gasteiger partial charge in [-0.25, -0.2) is 5.43 Å². The lowest BCUT2D eigenvalue weighted by molar-refractivity contribution is -0.124. The third kappa shape index (κ3) is 5.74. The van der Waals surface area contributed by atoms with Gasteiger partial charge in [-0.15, -0.1) is 0 Å². The predicted molar refractivity (Wildman–Crippen MR) is 91.1 cm³/mol. The molecule has 2 aromatic rings. The normalized spacial score (nSPS) is 10.9. The summed E-state index contributed by atoms with van der Waals surface area (Å²) in [6, 6.07) is 18.7. The van der Waals surface area contributed by atoms with Crippen molar-refractivity contribution in [3.8, 4) is 0 Å². The lowest BCUT2D eigenvalue weighted by atomic mass is 10.1. The third-order valence-corrected chi connectivity index (χ3v) is 3.18. The van der Waals surface area contributed by atoms with Crippen LogP contribution in [0.15, 0.2) is 65.8 Å². The standard InChI is InChI=1S/C18H19N3O2/c1-14(15-8-4-2-5-9-15)20-21-18(23)13-12-17(22)19-16-10-6-3-7-11-16/h2-11H,12-13H2,1H3,(H,19,22)(H,21,23). The fourth-order valence-corrected chi connectivity index (χ4v) is 1.92. The maximum absolute atomic E-state index is 11.7. The number of carbonyl (C=O) groups is 2. The maximum Gasteiger partial charge on any atom is 0.240 e. The van der Waals surface area contributed by atoms with E-state index in [0.29, 0.717) is 5.71 Å². The maximum atomic E-state index is 11.7. The number of benzene rings is 2. The average molecular weight is 309 g/mol. The highest BCUT2D eigenvalue weighted by Crippen LogP contribution is 2.06. The monoisotopic (exact) mass is 309 g/mol. The van der Waals surface area contributed by atoms with Crippen molar-refractivity contribution in [2.45, 2.75) is 19.8 Å². The summed E-state index contributed by atoms with van der Waals surface area (Å²) in [5, 5.41) is 6.77. The Bertz CT molecular complexity index is 682. The molecule has 0 aromatic heterocycles. The van der Waals surface area contributed by atoms with Crippen LogP contribution in [0.1, 0.15) is 25.3 Å². The van der Waals surface area contributed by atoms with E-state index in [0.717, 1.165) is 11.3 Å². The van der Waals surface area contributed by atoms with E-state index in [-0.39, 0.29) is 24.7 Å². The summed E-state index contributed by atoms with van der Waals surface area (Å²) >= 11 is 0. The molecule has 0 saturated heterocycles. The summed E-state index contributed by atoms with van der Waals surface area (Å²) in [6.45, 7) is 1.82. The molecule has 0 aliphatic carbocycles. The first-order chi connectivity index (χ1) is 11.1. The highest BCUT2D eigenvalue weighted by atomic mass is 16.2. The second kappa shape index (κ2) is 8.48. The Kier molecular flexibility index (Phi) is 6.06. The summed E-state index contributed by atoms with van der Waals surface area (Å²) in [5.74, 6) is -0.487. The lowest BCUT2D eigenvalue weighted by Crippen LogP contribution is -2.21. The average Bonchev–Trinajstić information content (AvgIpc) is 2.59. The van der Waals surface area contributed by atoms with Gasteiger partial charge < -0.3 is 5.32 Å². The van der Waals surface area contributed by atoms with E-state index in [4.69, 9.17) is 0 Å². The zero-order chi connectivity index (χ0) is 16.5. The van der Waals surface area contributed by atoms with Crippen molar-refractivity contribution >= 4 is 23.2 Å². The first-order valence-corrected chi connectivity index (χ1v) is 7.38. The van der Waals surface area contributed by atoms with Crippen LogP contribution in [0.5, 0.6) is 0 Å². The minimum absolute atomic E-state index is 0.0875. The topological polar surface area (TPSA) is 70.6 Å². The number of carbonyl (C=O) groups excluding carboxylic acids is 2. The van der Waals surface area contributed by atoms with E-state index in [9.17, 15) is 9.59 Å². The molecule has 0 aliphatic rings. The molecule has 0 unspecified atom stereocenters. The zero-order valence-electron chi connectivity index (χ0n) is 13.0. The third-order valence-electron chi connectivity index (χ3n) is 3.18. The number of rotatable bonds is 6. The Hall–Kier alpha value is -2.95. The quantitative estimate of drug-likeness (QED) is 0.636. The Labute approximate surface area is 135 Å². The molecule has 2 aromatic carbocycles. The Morgan fingerprint density at radius 2 is 1.43 bits per heavy atom. The van der Waals surface area contributed by atoms with E-state index < -0.39 is 0 Å².